The molecule has 0 spiro atoms. The van der Waals surface area contributed by atoms with E-state index in [9.17, 15) is 9.90 Å². The highest BCUT2D eigenvalue weighted by atomic mass is 16.5. The number of carbonyl (C=O) groups is 1. The Morgan fingerprint density at radius 2 is 2.19 bits per heavy atom. The van der Waals surface area contributed by atoms with E-state index in [1.165, 1.54) is 0 Å². The molecule has 4 heteroatoms. The van der Waals surface area contributed by atoms with Crippen LogP contribution >= 0.6 is 0 Å². The highest BCUT2D eigenvalue weighted by Gasteiger charge is 2.40. The highest BCUT2D eigenvalue weighted by molar-refractivity contribution is 5.75. The van der Waals surface area contributed by atoms with Gasteiger partial charge in [0, 0.05) is 5.92 Å². The second-order valence-corrected chi connectivity index (χ2v) is 4.52. The average molecular weight is 230 g/mol. The molecule has 94 valence electrons. The molecule has 4 nitrogen and oxygen atoms in total. The molecule has 3 unspecified atom stereocenters. The SMILES string of the molecule is CCCCCCC(O)C1C(=O)OCC1CO. The second kappa shape index (κ2) is 6.86. The van der Waals surface area contributed by atoms with Gasteiger partial charge in [0.05, 0.1) is 25.2 Å². The number of carbonyl (C=O) groups excluding carboxylic acids is 1. The molecule has 1 saturated heterocycles. The molecule has 1 fully saturated rings. The summed E-state index contributed by atoms with van der Waals surface area (Å²) in [7, 11) is 0. The molecule has 0 aromatic rings. The number of hydrogen-bond donors (Lipinski definition) is 2. The van der Waals surface area contributed by atoms with Gasteiger partial charge in [0.1, 0.15) is 0 Å². The number of hydrogen-bond acceptors (Lipinski definition) is 4. The monoisotopic (exact) mass is 230 g/mol. The minimum atomic E-state index is -0.663. The van der Waals surface area contributed by atoms with Crippen LogP contribution in [-0.4, -0.2) is 35.5 Å². The third-order valence-electron chi connectivity index (χ3n) is 3.22. The topological polar surface area (TPSA) is 66.8 Å². The summed E-state index contributed by atoms with van der Waals surface area (Å²) in [6.07, 6.45) is 4.28. The van der Waals surface area contributed by atoms with Crippen molar-refractivity contribution >= 4 is 5.97 Å². The molecule has 0 bridgehead atoms. The molecule has 0 amide bonds. The lowest BCUT2D eigenvalue weighted by Crippen LogP contribution is -2.31. The molecule has 0 saturated carbocycles. The Morgan fingerprint density at radius 3 is 2.81 bits per heavy atom. The van der Waals surface area contributed by atoms with Crippen molar-refractivity contribution in [2.75, 3.05) is 13.2 Å². The zero-order valence-electron chi connectivity index (χ0n) is 9.89. The fourth-order valence-corrected chi connectivity index (χ4v) is 2.18. The Kier molecular flexibility index (Phi) is 5.77. The molecule has 1 aliphatic rings. The molecule has 0 aromatic carbocycles. The molecule has 0 aromatic heterocycles. The molecule has 0 radical (unpaired) electrons. The zero-order valence-corrected chi connectivity index (χ0v) is 9.89. The van der Waals surface area contributed by atoms with E-state index in [1.807, 2.05) is 0 Å². The van der Waals surface area contributed by atoms with Crippen molar-refractivity contribution in [3.63, 3.8) is 0 Å². The van der Waals surface area contributed by atoms with E-state index in [2.05, 4.69) is 6.92 Å². The summed E-state index contributed by atoms with van der Waals surface area (Å²) < 4.78 is 4.86. The fourth-order valence-electron chi connectivity index (χ4n) is 2.18. The van der Waals surface area contributed by atoms with Gasteiger partial charge in [-0.2, -0.15) is 0 Å². The predicted molar refractivity (Wildman–Crippen MR) is 59.8 cm³/mol. The minimum Gasteiger partial charge on any atom is -0.465 e. The first-order chi connectivity index (χ1) is 7.70. The first kappa shape index (κ1) is 13.5. The van der Waals surface area contributed by atoms with Crippen molar-refractivity contribution in [2.24, 2.45) is 11.8 Å². The molecule has 1 aliphatic heterocycles. The van der Waals surface area contributed by atoms with Crippen LogP contribution in [0.4, 0.5) is 0 Å². The van der Waals surface area contributed by atoms with Gasteiger partial charge < -0.3 is 14.9 Å². The van der Waals surface area contributed by atoms with Gasteiger partial charge in [-0.1, -0.05) is 32.6 Å². The Bertz CT molecular complexity index is 217. The summed E-state index contributed by atoms with van der Waals surface area (Å²) >= 11 is 0. The third-order valence-corrected chi connectivity index (χ3v) is 3.22. The van der Waals surface area contributed by atoms with E-state index in [0.717, 1.165) is 25.7 Å². The van der Waals surface area contributed by atoms with Crippen molar-refractivity contribution in [3.8, 4) is 0 Å². The van der Waals surface area contributed by atoms with Crippen LogP contribution in [0.3, 0.4) is 0 Å². The standard InChI is InChI=1S/C12H22O4/c1-2-3-4-5-6-10(14)11-9(7-13)8-16-12(11)15/h9-11,13-14H,2-8H2,1H3. The summed E-state index contributed by atoms with van der Waals surface area (Å²) in [6, 6.07) is 0. The lowest BCUT2D eigenvalue weighted by Gasteiger charge is -2.19. The number of aliphatic hydroxyl groups excluding tert-OH is 2. The van der Waals surface area contributed by atoms with Gasteiger partial charge in [-0.25, -0.2) is 0 Å². The van der Waals surface area contributed by atoms with Crippen molar-refractivity contribution in [1.82, 2.24) is 0 Å². The highest BCUT2D eigenvalue weighted by Crippen LogP contribution is 2.27. The summed E-state index contributed by atoms with van der Waals surface area (Å²) in [5.74, 6) is -1.11. The van der Waals surface area contributed by atoms with Gasteiger partial charge in [0.25, 0.3) is 0 Å². The lowest BCUT2D eigenvalue weighted by atomic mass is 9.88. The molecule has 3 atom stereocenters. The summed E-state index contributed by atoms with van der Waals surface area (Å²) in [5, 5.41) is 19.0. The van der Waals surface area contributed by atoms with E-state index < -0.39 is 12.0 Å². The summed E-state index contributed by atoms with van der Waals surface area (Å²) in [4.78, 5) is 11.4. The van der Waals surface area contributed by atoms with Crippen molar-refractivity contribution in [3.05, 3.63) is 0 Å². The van der Waals surface area contributed by atoms with Gasteiger partial charge in [0.2, 0.25) is 0 Å². The van der Waals surface area contributed by atoms with E-state index >= 15 is 0 Å². The van der Waals surface area contributed by atoms with Crippen LogP contribution in [-0.2, 0) is 9.53 Å². The predicted octanol–water partition coefficient (Wildman–Crippen LogP) is 1.10. The fraction of sp³-hybridized carbons (Fsp3) is 0.917. The maximum absolute atomic E-state index is 11.4. The number of rotatable bonds is 7. The summed E-state index contributed by atoms with van der Waals surface area (Å²) in [6.45, 7) is 2.28. The van der Waals surface area contributed by atoms with Crippen molar-refractivity contribution in [1.29, 1.82) is 0 Å². The average Bonchev–Trinajstić information content (AvgIpc) is 2.65. The van der Waals surface area contributed by atoms with Crippen LogP contribution in [0.1, 0.15) is 39.0 Å². The second-order valence-electron chi connectivity index (χ2n) is 4.52. The van der Waals surface area contributed by atoms with Crippen molar-refractivity contribution < 1.29 is 19.7 Å². The molecule has 16 heavy (non-hydrogen) atoms. The molecule has 0 aliphatic carbocycles. The number of esters is 1. The van der Waals surface area contributed by atoms with Crippen molar-refractivity contribution in [2.45, 2.75) is 45.1 Å². The van der Waals surface area contributed by atoms with Gasteiger partial charge in [-0.15, -0.1) is 0 Å². The number of unbranched alkanes of at least 4 members (excludes halogenated alkanes) is 3. The van der Waals surface area contributed by atoms with Gasteiger partial charge >= 0.3 is 5.97 Å². The van der Waals surface area contributed by atoms with Crippen LogP contribution in [0.5, 0.6) is 0 Å². The Hall–Kier alpha value is -0.610. The van der Waals surface area contributed by atoms with Crippen LogP contribution in [0.25, 0.3) is 0 Å². The zero-order chi connectivity index (χ0) is 12.0. The smallest absolute Gasteiger partial charge is 0.312 e. The molecule has 2 N–H and O–H groups in total. The van der Waals surface area contributed by atoms with Gasteiger partial charge in [0.15, 0.2) is 0 Å². The minimum absolute atomic E-state index is 0.0948. The van der Waals surface area contributed by atoms with E-state index in [4.69, 9.17) is 9.84 Å². The van der Waals surface area contributed by atoms with E-state index in [1.54, 1.807) is 0 Å². The first-order valence-corrected chi connectivity index (χ1v) is 6.16. The maximum Gasteiger partial charge on any atom is 0.312 e. The number of cyclic esters (lactones) is 1. The quantitative estimate of drug-likeness (QED) is 0.507. The van der Waals surface area contributed by atoms with Crippen LogP contribution in [0.15, 0.2) is 0 Å². The van der Waals surface area contributed by atoms with E-state index in [0.29, 0.717) is 6.42 Å². The third kappa shape index (κ3) is 3.46. The molecular weight excluding hydrogens is 208 g/mol. The van der Waals surface area contributed by atoms with Crippen LogP contribution in [0, 0.1) is 11.8 Å². The first-order valence-electron chi connectivity index (χ1n) is 6.16. The number of aliphatic hydroxyl groups is 2. The van der Waals surface area contributed by atoms with Crippen LogP contribution < -0.4 is 0 Å². The Balaban J connectivity index is 2.33. The number of ether oxygens (including phenoxy) is 1. The summed E-state index contributed by atoms with van der Waals surface area (Å²) in [5.41, 5.74) is 0. The Labute approximate surface area is 96.6 Å². The molecule has 1 heterocycles. The van der Waals surface area contributed by atoms with E-state index in [-0.39, 0.29) is 25.1 Å². The molecular formula is C12H22O4. The van der Waals surface area contributed by atoms with Crippen LogP contribution in [0.2, 0.25) is 0 Å². The van der Waals surface area contributed by atoms with Gasteiger partial charge in [-0.3, -0.25) is 4.79 Å². The normalized spacial score (nSPS) is 26.8. The largest absolute Gasteiger partial charge is 0.465 e. The lowest BCUT2D eigenvalue weighted by molar-refractivity contribution is -0.144. The molecule has 1 rings (SSSR count). The van der Waals surface area contributed by atoms with Gasteiger partial charge in [-0.05, 0) is 6.42 Å². The Morgan fingerprint density at radius 1 is 1.44 bits per heavy atom. The maximum atomic E-state index is 11.4.